The van der Waals surface area contributed by atoms with E-state index >= 15 is 0 Å². The molecule has 0 bridgehead atoms. The van der Waals surface area contributed by atoms with Crippen molar-refractivity contribution in [3.63, 3.8) is 0 Å². The van der Waals surface area contributed by atoms with Crippen LogP contribution in [0.3, 0.4) is 0 Å². The van der Waals surface area contributed by atoms with Gasteiger partial charge >= 0.3 is 6.01 Å². The number of aromatic nitrogens is 1. The van der Waals surface area contributed by atoms with Crippen LogP contribution in [0.25, 0.3) is 0 Å². The number of nitrogens with zero attached hydrogens (tertiary/aromatic N) is 1. The van der Waals surface area contributed by atoms with Gasteiger partial charge in [0.1, 0.15) is 18.6 Å². The molecule has 2 N–H and O–H groups in total. The van der Waals surface area contributed by atoms with E-state index in [4.69, 9.17) is 14.3 Å². The number of aliphatic hydroxyl groups is 1. The molecule has 0 atom stereocenters. The van der Waals surface area contributed by atoms with E-state index in [1.54, 1.807) is 25.1 Å². The summed E-state index contributed by atoms with van der Waals surface area (Å²) < 4.78 is 10.2. The molecule has 2 rings (SSSR count). The predicted octanol–water partition coefficient (Wildman–Crippen LogP) is 1.59. The van der Waals surface area contributed by atoms with Crippen molar-refractivity contribution in [3.8, 4) is 17.6 Å². The first-order valence-electron chi connectivity index (χ1n) is 6.15. The van der Waals surface area contributed by atoms with Crippen LogP contribution in [0.4, 0.5) is 6.01 Å². The van der Waals surface area contributed by atoms with E-state index in [1.807, 2.05) is 0 Å². The summed E-state index contributed by atoms with van der Waals surface area (Å²) in [5.41, 5.74) is 1.58. The quantitative estimate of drug-likeness (QED) is 0.837. The molecule has 108 valence electrons. The zero-order valence-corrected chi connectivity index (χ0v) is 11.6. The number of rotatable bonds is 3. The molecule has 0 aliphatic rings. The monoisotopic (exact) mass is 286 g/mol. The van der Waals surface area contributed by atoms with E-state index in [0.717, 1.165) is 0 Å². The van der Waals surface area contributed by atoms with Gasteiger partial charge in [-0.15, -0.1) is 0 Å². The smallest absolute Gasteiger partial charge is 0.301 e. The first-order chi connectivity index (χ1) is 10.1. The Morgan fingerprint density at radius 2 is 2.33 bits per heavy atom. The number of carbonyl (C=O) groups excluding carboxylic acids is 1. The Labute approximate surface area is 121 Å². The lowest BCUT2D eigenvalue weighted by molar-refractivity contribution is 0.102. The van der Waals surface area contributed by atoms with E-state index in [9.17, 15) is 4.79 Å². The standard InChI is InChI=1S/C15H14N2O4/c1-10-9-21-15(16-10)17-14(19)12-5-6-13(20-2)11(8-12)4-3-7-18/h5-6,8-9,18H,7H2,1-2H3,(H,16,17,19). The van der Waals surface area contributed by atoms with Gasteiger partial charge in [0, 0.05) is 5.56 Å². The minimum absolute atomic E-state index is 0.135. The highest BCUT2D eigenvalue weighted by molar-refractivity contribution is 6.03. The van der Waals surface area contributed by atoms with Crippen LogP contribution in [0.15, 0.2) is 28.9 Å². The molecule has 0 aliphatic carbocycles. The molecule has 0 aliphatic heterocycles. The number of hydrogen-bond acceptors (Lipinski definition) is 5. The van der Waals surface area contributed by atoms with E-state index in [2.05, 4.69) is 22.1 Å². The maximum Gasteiger partial charge on any atom is 0.301 e. The molecular formula is C15H14N2O4. The fourth-order valence-corrected chi connectivity index (χ4v) is 1.66. The second kappa shape index (κ2) is 6.59. The largest absolute Gasteiger partial charge is 0.495 e. The first kappa shape index (κ1) is 14.6. The molecule has 0 radical (unpaired) electrons. The maximum atomic E-state index is 12.1. The molecule has 1 heterocycles. The van der Waals surface area contributed by atoms with Crippen LogP contribution in [0.5, 0.6) is 5.75 Å². The Morgan fingerprint density at radius 1 is 1.52 bits per heavy atom. The normalized spacial score (nSPS) is 9.67. The van der Waals surface area contributed by atoms with Crippen LogP contribution in [-0.4, -0.2) is 29.7 Å². The minimum atomic E-state index is -0.369. The number of aliphatic hydroxyl groups excluding tert-OH is 1. The minimum Gasteiger partial charge on any atom is -0.495 e. The maximum absolute atomic E-state index is 12.1. The molecule has 0 saturated carbocycles. The zero-order valence-electron chi connectivity index (χ0n) is 11.6. The fourth-order valence-electron chi connectivity index (χ4n) is 1.66. The molecule has 6 heteroatoms. The highest BCUT2D eigenvalue weighted by Gasteiger charge is 2.12. The average Bonchev–Trinajstić information content (AvgIpc) is 2.89. The summed E-state index contributed by atoms with van der Waals surface area (Å²) in [6.45, 7) is 1.49. The van der Waals surface area contributed by atoms with Gasteiger partial charge in [-0.1, -0.05) is 11.8 Å². The average molecular weight is 286 g/mol. The molecule has 1 amide bonds. The summed E-state index contributed by atoms with van der Waals surface area (Å²) in [5, 5.41) is 11.3. The Bertz CT molecular complexity index is 710. The van der Waals surface area contributed by atoms with Crippen molar-refractivity contribution in [3.05, 3.63) is 41.3 Å². The van der Waals surface area contributed by atoms with Crippen LogP contribution in [0.1, 0.15) is 21.6 Å². The first-order valence-corrected chi connectivity index (χ1v) is 6.15. The number of carbonyl (C=O) groups is 1. The SMILES string of the molecule is COc1ccc(C(=O)Nc2nc(C)co2)cc1C#CCO. The highest BCUT2D eigenvalue weighted by Crippen LogP contribution is 2.19. The summed E-state index contributed by atoms with van der Waals surface area (Å²) in [6, 6.07) is 4.95. The van der Waals surface area contributed by atoms with Crippen LogP contribution < -0.4 is 10.1 Å². The van der Waals surface area contributed by atoms with Crippen molar-refractivity contribution in [1.29, 1.82) is 0 Å². The van der Waals surface area contributed by atoms with Gasteiger partial charge in [-0.2, -0.15) is 4.98 Å². The number of amides is 1. The van der Waals surface area contributed by atoms with Gasteiger partial charge in [-0.05, 0) is 25.1 Å². The second-order valence-electron chi connectivity index (χ2n) is 4.12. The van der Waals surface area contributed by atoms with Crippen LogP contribution >= 0.6 is 0 Å². The van der Waals surface area contributed by atoms with E-state index in [1.165, 1.54) is 13.4 Å². The molecule has 1 aromatic heterocycles. The van der Waals surface area contributed by atoms with Crippen LogP contribution in [0, 0.1) is 18.8 Å². The number of anilines is 1. The highest BCUT2D eigenvalue weighted by atomic mass is 16.5. The Morgan fingerprint density at radius 3 is 2.95 bits per heavy atom. The van der Waals surface area contributed by atoms with Crippen LogP contribution in [-0.2, 0) is 0 Å². The summed E-state index contributed by atoms with van der Waals surface area (Å²) in [5.74, 6) is 5.41. The second-order valence-corrected chi connectivity index (χ2v) is 4.12. The van der Waals surface area contributed by atoms with E-state index in [0.29, 0.717) is 22.6 Å². The molecule has 0 unspecified atom stereocenters. The molecule has 0 saturated heterocycles. The Balaban J connectivity index is 2.24. The van der Waals surface area contributed by atoms with Gasteiger partial charge in [0.25, 0.3) is 5.91 Å². The Kier molecular flexibility index (Phi) is 4.59. The van der Waals surface area contributed by atoms with Crippen molar-refractivity contribution in [1.82, 2.24) is 4.98 Å². The van der Waals surface area contributed by atoms with Crippen molar-refractivity contribution >= 4 is 11.9 Å². The van der Waals surface area contributed by atoms with Gasteiger partial charge in [0.15, 0.2) is 0 Å². The molecule has 2 aromatic rings. The summed E-state index contributed by atoms with van der Waals surface area (Å²) in [7, 11) is 1.51. The van der Waals surface area contributed by atoms with Gasteiger partial charge in [0.2, 0.25) is 0 Å². The van der Waals surface area contributed by atoms with Crippen molar-refractivity contribution < 1.29 is 19.1 Å². The van der Waals surface area contributed by atoms with Crippen molar-refractivity contribution in [2.75, 3.05) is 19.0 Å². The van der Waals surface area contributed by atoms with E-state index in [-0.39, 0.29) is 18.5 Å². The number of oxazole rings is 1. The number of hydrogen-bond donors (Lipinski definition) is 2. The number of nitrogens with one attached hydrogen (secondary N) is 1. The molecule has 0 fully saturated rings. The Hall–Kier alpha value is -2.78. The predicted molar refractivity (Wildman–Crippen MR) is 76.2 cm³/mol. The number of aryl methyl sites for hydroxylation is 1. The summed E-state index contributed by atoms with van der Waals surface area (Å²) in [4.78, 5) is 16.1. The number of methoxy groups -OCH3 is 1. The van der Waals surface area contributed by atoms with Gasteiger partial charge < -0.3 is 14.3 Å². The van der Waals surface area contributed by atoms with Gasteiger partial charge in [-0.3, -0.25) is 10.1 Å². The van der Waals surface area contributed by atoms with Crippen molar-refractivity contribution in [2.24, 2.45) is 0 Å². The topological polar surface area (TPSA) is 84.6 Å². The third kappa shape index (κ3) is 3.61. The van der Waals surface area contributed by atoms with Crippen molar-refractivity contribution in [2.45, 2.75) is 6.92 Å². The molecule has 0 spiro atoms. The van der Waals surface area contributed by atoms with Gasteiger partial charge in [-0.25, -0.2) is 0 Å². The fraction of sp³-hybridized carbons (Fsp3) is 0.200. The van der Waals surface area contributed by atoms with Crippen LogP contribution in [0.2, 0.25) is 0 Å². The van der Waals surface area contributed by atoms with Gasteiger partial charge in [0.05, 0.1) is 18.4 Å². The third-order valence-corrected chi connectivity index (χ3v) is 2.60. The molecule has 6 nitrogen and oxygen atoms in total. The zero-order chi connectivity index (χ0) is 15.2. The lowest BCUT2D eigenvalue weighted by Crippen LogP contribution is -2.12. The summed E-state index contributed by atoms with van der Waals surface area (Å²) >= 11 is 0. The number of ether oxygens (including phenoxy) is 1. The third-order valence-electron chi connectivity index (χ3n) is 2.60. The molecule has 21 heavy (non-hydrogen) atoms. The van der Waals surface area contributed by atoms with E-state index < -0.39 is 0 Å². The number of benzene rings is 1. The summed E-state index contributed by atoms with van der Waals surface area (Å²) in [6.07, 6.45) is 1.45. The molecule has 1 aromatic carbocycles. The lowest BCUT2D eigenvalue weighted by Gasteiger charge is -2.06. The molecular weight excluding hydrogens is 272 g/mol. The lowest BCUT2D eigenvalue weighted by atomic mass is 10.1.